The minimum absolute atomic E-state index is 0.523. The zero-order chi connectivity index (χ0) is 12.0. The van der Waals surface area contributed by atoms with Crippen molar-refractivity contribution in [3.8, 4) is 0 Å². The molecule has 2 rings (SSSR count). The predicted molar refractivity (Wildman–Crippen MR) is 57.0 cm³/mol. The fourth-order valence-electron chi connectivity index (χ4n) is 1.04. The van der Waals surface area contributed by atoms with Gasteiger partial charge in [-0.3, -0.25) is 0 Å². The van der Waals surface area contributed by atoms with Crippen molar-refractivity contribution in [2.45, 2.75) is 25.7 Å². The van der Waals surface area contributed by atoms with Gasteiger partial charge in [-0.2, -0.15) is 0 Å². The van der Waals surface area contributed by atoms with Gasteiger partial charge in [-0.15, -0.1) is 0 Å². The summed E-state index contributed by atoms with van der Waals surface area (Å²) < 4.78 is 4.50. The molecule has 0 atom stereocenters. The largest absolute Gasteiger partial charge is 0.465 e. The van der Waals surface area contributed by atoms with Crippen LogP contribution in [0.2, 0.25) is 0 Å². The van der Waals surface area contributed by atoms with Crippen molar-refractivity contribution in [2.24, 2.45) is 17.6 Å². The topological polar surface area (TPSA) is 102 Å². The lowest BCUT2D eigenvalue weighted by molar-refractivity contribution is 0.151. The first-order valence-corrected chi connectivity index (χ1v) is 5.47. The van der Waals surface area contributed by atoms with Crippen LogP contribution in [-0.4, -0.2) is 30.4 Å². The summed E-state index contributed by atoms with van der Waals surface area (Å²) in [6, 6.07) is 0. The molecule has 0 saturated heterocycles. The Kier molecular flexibility index (Phi) is 4.88. The molecule has 0 bridgehead atoms. The molecule has 2 fully saturated rings. The highest BCUT2D eigenvalue weighted by Crippen LogP contribution is 2.28. The molecule has 0 unspecified atom stereocenters. The summed E-state index contributed by atoms with van der Waals surface area (Å²) in [6.45, 7) is 1.17. The Morgan fingerprint density at radius 3 is 2.19 bits per heavy atom. The Labute approximate surface area is 94.1 Å². The molecule has 0 heterocycles. The standard InChI is InChI=1S/2C5H9NO2/c6-5(7)8-3-4-1-2-4;7-5(8)6-3-4-1-2-4/h4H,1-3H2,(H2,6,7);4,6H,1-3H2,(H,7,8). The Bertz CT molecular complexity index is 223. The quantitative estimate of drug-likeness (QED) is 0.674. The molecular formula is C10H18N2O4. The summed E-state index contributed by atoms with van der Waals surface area (Å²) in [6.07, 6.45) is 3.20. The van der Waals surface area contributed by atoms with E-state index >= 15 is 0 Å². The molecule has 16 heavy (non-hydrogen) atoms. The van der Waals surface area contributed by atoms with Crippen molar-refractivity contribution in [3.63, 3.8) is 0 Å². The molecule has 0 aromatic rings. The van der Waals surface area contributed by atoms with Gasteiger partial charge < -0.3 is 20.9 Å². The van der Waals surface area contributed by atoms with E-state index in [2.05, 4.69) is 10.1 Å². The van der Waals surface area contributed by atoms with Crippen molar-refractivity contribution in [2.75, 3.05) is 13.2 Å². The van der Waals surface area contributed by atoms with Crippen LogP contribution in [0.25, 0.3) is 0 Å². The second-order valence-corrected chi connectivity index (χ2v) is 4.20. The first-order valence-electron chi connectivity index (χ1n) is 5.47. The molecule has 0 aromatic heterocycles. The van der Waals surface area contributed by atoms with E-state index in [0.29, 0.717) is 25.0 Å². The average molecular weight is 230 g/mol. The summed E-state index contributed by atoms with van der Waals surface area (Å²) >= 11 is 0. The summed E-state index contributed by atoms with van der Waals surface area (Å²) in [4.78, 5) is 19.8. The minimum Gasteiger partial charge on any atom is -0.465 e. The summed E-state index contributed by atoms with van der Waals surface area (Å²) in [5.74, 6) is 1.26. The van der Waals surface area contributed by atoms with Crippen LogP contribution in [0.15, 0.2) is 0 Å². The molecule has 0 aromatic carbocycles. The molecule has 6 nitrogen and oxygen atoms in total. The number of amides is 2. The van der Waals surface area contributed by atoms with E-state index in [1.54, 1.807) is 0 Å². The second-order valence-electron chi connectivity index (χ2n) is 4.20. The van der Waals surface area contributed by atoms with E-state index in [0.717, 1.165) is 0 Å². The third-order valence-electron chi connectivity index (χ3n) is 2.40. The molecule has 2 amide bonds. The number of ether oxygens (including phenoxy) is 1. The van der Waals surface area contributed by atoms with E-state index in [9.17, 15) is 9.59 Å². The molecule has 0 spiro atoms. The highest BCUT2D eigenvalue weighted by Gasteiger charge is 2.22. The third-order valence-corrected chi connectivity index (χ3v) is 2.40. The highest BCUT2D eigenvalue weighted by atomic mass is 16.5. The smallest absolute Gasteiger partial charge is 0.404 e. The summed E-state index contributed by atoms with van der Waals surface area (Å²) in [7, 11) is 0. The van der Waals surface area contributed by atoms with Gasteiger partial charge in [0.15, 0.2) is 0 Å². The first-order chi connectivity index (χ1) is 7.58. The average Bonchev–Trinajstić information content (AvgIpc) is 3.06. The maximum absolute atomic E-state index is 9.93. The minimum atomic E-state index is -0.906. The van der Waals surface area contributed by atoms with Crippen molar-refractivity contribution in [1.29, 1.82) is 0 Å². The third kappa shape index (κ3) is 7.90. The van der Waals surface area contributed by atoms with Gasteiger partial charge in [-0.25, -0.2) is 9.59 Å². The zero-order valence-electron chi connectivity index (χ0n) is 9.15. The lowest BCUT2D eigenvalue weighted by Gasteiger charge is -1.95. The van der Waals surface area contributed by atoms with Gasteiger partial charge in [-0.05, 0) is 37.5 Å². The van der Waals surface area contributed by atoms with Crippen molar-refractivity contribution in [1.82, 2.24) is 5.32 Å². The molecule has 6 heteroatoms. The predicted octanol–water partition coefficient (Wildman–Crippen LogP) is 1.16. The van der Waals surface area contributed by atoms with Gasteiger partial charge in [0.1, 0.15) is 0 Å². The van der Waals surface area contributed by atoms with Gasteiger partial charge >= 0.3 is 12.2 Å². The van der Waals surface area contributed by atoms with Crippen molar-refractivity contribution in [3.05, 3.63) is 0 Å². The second kappa shape index (κ2) is 6.19. The number of nitrogens with two attached hydrogens (primary N) is 1. The molecular weight excluding hydrogens is 212 g/mol. The van der Waals surface area contributed by atoms with Gasteiger partial charge in [0.05, 0.1) is 6.61 Å². The maximum Gasteiger partial charge on any atom is 0.404 e. The fraction of sp³-hybridized carbons (Fsp3) is 0.800. The van der Waals surface area contributed by atoms with Crippen LogP contribution in [0.4, 0.5) is 9.59 Å². The van der Waals surface area contributed by atoms with E-state index in [1.165, 1.54) is 25.7 Å². The number of carboxylic acid groups (broad SMARTS) is 1. The number of primary amides is 1. The van der Waals surface area contributed by atoms with E-state index in [4.69, 9.17) is 10.8 Å². The zero-order valence-corrected chi connectivity index (χ0v) is 9.15. The molecule has 0 aliphatic heterocycles. The lowest BCUT2D eigenvalue weighted by atomic mass is 10.4. The van der Waals surface area contributed by atoms with Crippen molar-refractivity contribution >= 4 is 12.2 Å². The summed E-state index contributed by atoms with van der Waals surface area (Å²) in [5, 5.41) is 10.4. The van der Waals surface area contributed by atoms with Crippen LogP contribution >= 0.6 is 0 Å². The Morgan fingerprint density at radius 1 is 1.25 bits per heavy atom. The highest BCUT2D eigenvalue weighted by molar-refractivity contribution is 5.64. The van der Waals surface area contributed by atoms with Crippen LogP contribution < -0.4 is 11.1 Å². The van der Waals surface area contributed by atoms with E-state index in [-0.39, 0.29) is 0 Å². The SMILES string of the molecule is NC(=O)OCC1CC1.O=C(O)NCC1CC1. The maximum atomic E-state index is 9.93. The number of hydrogen-bond donors (Lipinski definition) is 3. The van der Waals surface area contributed by atoms with Crippen LogP contribution in [0, 0.1) is 11.8 Å². The Balaban J connectivity index is 0.000000160. The van der Waals surface area contributed by atoms with Gasteiger partial charge in [0.25, 0.3) is 0 Å². The van der Waals surface area contributed by atoms with Crippen LogP contribution in [-0.2, 0) is 4.74 Å². The molecule has 92 valence electrons. The first kappa shape index (κ1) is 12.6. The number of rotatable bonds is 4. The normalized spacial score (nSPS) is 18.0. The van der Waals surface area contributed by atoms with Crippen LogP contribution in [0.5, 0.6) is 0 Å². The Hall–Kier alpha value is -1.46. The fourth-order valence-corrected chi connectivity index (χ4v) is 1.04. The molecule has 2 aliphatic carbocycles. The van der Waals surface area contributed by atoms with Gasteiger partial charge in [-0.1, -0.05) is 0 Å². The van der Waals surface area contributed by atoms with Crippen molar-refractivity contribution < 1.29 is 19.4 Å². The van der Waals surface area contributed by atoms with Crippen LogP contribution in [0.3, 0.4) is 0 Å². The number of carbonyl (C=O) groups excluding carboxylic acids is 1. The van der Waals surface area contributed by atoms with Gasteiger partial charge in [0, 0.05) is 6.54 Å². The summed E-state index contributed by atoms with van der Waals surface area (Å²) in [5.41, 5.74) is 4.71. The van der Waals surface area contributed by atoms with E-state index in [1.807, 2.05) is 0 Å². The molecule has 2 aliphatic rings. The number of hydrogen-bond acceptors (Lipinski definition) is 3. The van der Waals surface area contributed by atoms with E-state index < -0.39 is 12.2 Å². The van der Waals surface area contributed by atoms with Gasteiger partial charge in [0.2, 0.25) is 0 Å². The number of nitrogens with one attached hydrogen (secondary N) is 1. The lowest BCUT2D eigenvalue weighted by Crippen LogP contribution is -2.22. The molecule has 4 N–H and O–H groups in total. The monoisotopic (exact) mass is 230 g/mol. The molecule has 0 radical (unpaired) electrons. The number of carbonyl (C=O) groups is 2. The molecule has 2 saturated carbocycles. The Morgan fingerprint density at radius 2 is 1.81 bits per heavy atom. The van der Waals surface area contributed by atoms with Crippen LogP contribution in [0.1, 0.15) is 25.7 Å².